The van der Waals surface area contributed by atoms with Crippen LogP contribution < -0.4 is 0 Å². The molecule has 0 unspecified atom stereocenters. The normalized spacial score (nSPS) is 12.1. The van der Waals surface area contributed by atoms with Crippen molar-refractivity contribution < 1.29 is 9.21 Å². The summed E-state index contributed by atoms with van der Waals surface area (Å²) in [7, 11) is 1.71. The number of hydrogen-bond donors (Lipinski definition) is 0. The van der Waals surface area contributed by atoms with E-state index in [-0.39, 0.29) is 18.5 Å². The predicted octanol–water partition coefficient (Wildman–Crippen LogP) is 2.15. The quantitative estimate of drug-likeness (QED) is 0.721. The van der Waals surface area contributed by atoms with Crippen LogP contribution in [0.25, 0.3) is 11.5 Å². The van der Waals surface area contributed by atoms with Crippen molar-refractivity contribution in [3.63, 3.8) is 0 Å². The standard InChI is InChI=1S/C16H17N5O2/c1-12(21-9-8-17-11-21)16(22)20(2)10-14-18-19-15(23-14)13-6-4-3-5-7-13/h3-9,11-12H,10H2,1-2H3/t12-/m1/s1. The Morgan fingerprint density at radius 2 is 2.09 bits per heavy atom. The van der Waals surface area contributed by atoms with E-state index in [1.165, 1.54) is 0 Å². The summed E-state index contributed by atoms with van der Waals surface area (Å²) in [5, 5.41) is 8.03. The lowest BCUT2D eigenvalue weighted by atomic mass is 10.2. The van der Waals surface area contributed by atoms with Gasteiger partial charge in [0.05, 0.1) is 12.9 Å². The second-order valence-corrected chi connectivity index (χ2v) is 5.25. The molecule has 2 aromatic heterocycles. The first-order chi connectivity index (χ1) is 11.1. The number of rotatable bonds is 5. The molecule has 0 spiro atoms. The number of likely N-dealkylation sites (N-methyl/N-ethyl adjacent to an activating group) is 1. The number of amides is 1. The number of aromatic nitrogens is 4. The Morgan fingerprint density at radius 3 is 2.78 bits per heavy atom. The van der Waals surface area contributed by atoms with Crippen molar-refractivity contribution >= 4 is 5.91 Å². The van der Waals surface area contributed by atoms with Crippen molar-refractivity contribution in [2.75, 3.05) is 7.05 Å². The van der Waals surface area contributed by atoms with Crippen LogP contribution in [0.2, 0.25) is 0 Å². The highest BCUT2D eigenvalue weighted by atomic mass is 16.4. The number of imidazole rings is 1. The van der Waals surface area contributed by atoms with E-state index in [4.69, 9.17) is 4.42 Å². The van der Waals surface area contributed by atoms with E-state index in [0.29, 0.717) is 11.8 Å². The minimum atomic E-state index is -0.334. The largest absolute Gasteiger partial charge is 0.419 e. The fraction of sp³-hybridized carbons (Fsp3) is 0.250. The lowest BCUT2D eigenvalue weighted by Crippen LogP contribution is -2.32. The summed E-state index contributed by atoms with van der Waals surface area (Å²) in [5.74, 6) is 0.795. The molecule has 0 N–H and O–H groups in total. The van der Waals surface area contributed by atoms with Crippen molar-refractivity contribution in [2.24, 2.45) is 0 Å². The van der Waals surface area contributed by atoms with Gasteiger partial charge in [0.15, 0.2) is 0 Å². The molecule has 0 saturated carbocycles. The van der Waals surface area contributed by atoms with Crippen LogP contribution in [0.5, 0.6) is 0 Å². The van der Waals surface area contributed by atoms with Gasteiger partial charge in [-0.1, -0.05) is 18.2 Å². The monoisotopic (exact) mass is 311 g/mol. The Kier molecular flexibility index (Phi) is 4.18. The number of nitrogens with zero attached hydrogens (tertiary/aromatic N) is 5. The van der Waals surface area contributed by atoms with Crippen LogP contribution in [0.3, 0.4) is 0 Å². The molecule has 1 aromatic carbocycles. The van der Waals surface area contributed by atoms with Crippen LogP contribution in [-0.2, 0) is 11.3 Å². The molecule has 1 atom stereocenters. The van der Waals surface area contributed by atoms with Crippen LogP contribution in [-0.4, -0.2) is 37.6 Å². The Balaban J connectivity index is 1.67. The first-order valence-corrected chi connectivity index (χ1v) is 7.25. The molecule has 0 radical (unpaired) electrons. The number of hydrogen-bond acceptors (Lipinski definition) is 5. The van der Waals surface area contributed by atoms with E-state index in [1.807, 2.05) is 37.3 Å². The van der Waals surface area contributed by atoms with Crippen molar-refractivity contribution in [3.05, 3.63) is 54.9 Å². The van der Waals surface area contributed by atoms with Crippen LogP contribution in [0.15, 0.2) is 53.5 Å². The minimum absolute atomic E-state index is 0.0533. The third kappa shape index (κ3) is 3.28. The summed E-state index contributed by atoms with van der Waals surface area (Å²) >= 11 is 0. The third-order valence-corrected chi connectivity index (χ3v) is 3.57. The van der Waals surface area contributed by atoms with Gasteiger partial charge in [-0.2, -0.15) is 0 Å². The zero-order chi connectivity index (χ0) is 16.2. The lowest BCUT2D eigenvalue weighted by molar-refractivity contribution is -0.133. The number of carbonyl (C=O) groups excluding carboxylic acids is 1. The molecule has 0 aliphatic rings. The molecule has 7 nitrogen and oxygen atoms in total. The average molecular weight is 311 g/mol. The second kappa shape index (κ2) is 6.43. The zero-order valence-electron chi connectivity index (χ0n) is 13.0. The molecule has 0 aliphatic heterocycles. The second-order valence-electron chi connectivity index (χ2n) is 5.25. The summed E-state index contributed by atoms with van der Waals surface area (Å²) in [6.07, 6.45) is 5.03. The molecule has 7 heteroatoms. The summed E-state index contributed by atoms with van der Waals surface area (Å²) in [6.45, 7) is 2.08. The van der Waals surface area contributed by atoms with Gasteiger partial charge in [-0.05, 0) is 19.1 Å². The van der Waals surface area contributed by atoms with E-state index in [2.05, 4.69) is 15.2 Å². The minimum Gasteiger partial charge on any atom is -0.419 e. The molecule has 3 aromatic rings. The van der Waals surface area contributed by atoms with Crippen molar-refractivity contribution in [1.82, 2.24) is 24.6 Å². The van der Waals surface area contributed by atoms with E-state index in [1.54, 1.807) is 35.2 Å². The lowest BCUT2D eigenvalue weighted by Gasteiger charge is -2.20. The number of benzene rings is 1. The maximum Gasteiger partial charge on any atom is 0.247 e. The smallest absolute Gasteiger partial charge is 0.247 e. The summed E-state index contributed by atoms with van der Waals surface area (Å²) in [4.78, 5) is 17.9. The van der Waals surface area contributed by atoms with E-state index >= 15 is 0 Å². The van der Waals surface area contributed by atoms with Gasteiger partial charge in [0.2, 0.25) is 17.7 Å². The molecule has 0 saturated heterocycles. The van der Waals surface area contributed by atoms with Crippen LogP contribution in [0.4, 0.5) is 0 Å². The van der Waals surface area contributed by atoms with E-state index in [9.17, 15) is 4.79 Å². The van der Waals surface area contributed by atoms with Crippen LogP contribution in [0.1, 0.15) is 18.9 Å². The van der Waals surface area contributed by atoms with Crippen molar-refractivity contribution in [2.45, 2.75) is 19.5 Å². The molecule has 1 amide bonds. The summed E-state index contributed by atoms with van der Waals surface area (Å²) < 4.78 is 7.38. The maximum atomic E-state index is 12.4. The highest BCUT2D eigenvalue weighted by Crippen LogP contribution is 2.18. The molecule has 118 valence electrons. The maximum absolute atomic E-state index is 12.4. The molecule has 3 rings (SSSR count). The molecule has 0 fully saturated rings. The van der Waals surface area contributed by atoms with E-state index < -0.39 is 0 Å². The molecule has 0 aliphatic carbocycles. The Labute approximate surface area is 133 Å². The molecular formula is C16H17N5O2. The van der Waals surface area contributed by atoms with Crippen molar-refractivity contribution in [3.8, 4) is 11.5 Å². The Hall–Kier alpha value is -2.96. The van der Waals surface area contributed by atoms with E-state index in [0.717, 1.165) is 5.56 Å². The third-order valence-electron chi connectivity index (χ3n) is 3.57. The zero-order valence-corrected chi connectivity index (χ0v) is 13.0. The fourth-order valence-electron chi connectivity index (χ4n) is 2.24. The Bertz CT molecular complexity index is 767. The fourth-order valence-corrected chi connectivity index (χ4v) is 2.24. The first-order valence-electron chi connectivity index (χ1n) is 7.25. The first kappa shape index (κ1) is 15.0. The van der Waals surface area contributed by atoms with Gasteiger partial charge in [-0.3, -0.25) is 4.79 Å². The molecular weight excluding hydrogens is 294 g/mol. The van der Waals surface area contributed by atoms with Gasteiger partial charge >= 0.3 is 0 Å². The van der Waals surface area contributed by atoms with Crippen LogP contribution in [0, 0.1) is 0 Å². The van der Waals surface area contributed by atoms with Gasteiger partial charge < -0.3 is 13.9 Å². The molecule has 2 heterocycles. The highest BCUT2D eigenvalue weighted by molar-refractivity contribution is 5.79. The molecule has 23 heavy (non-hydrogen) atoms. The highest BCUT2D eigenvalue weighted by Gasteiger charge is 2.20. The topological polar surface area (TPSA) is 77.0 Å². The Morgan fingerprint density at radius 1 is 1.30 bits per heavy atom. The van der Waals surface area contributed by atoms with Crippen molar-refractivity contribution in [1.29, 1.82) is 0 Å². The van der Waals surface area contributed by atoms with Gasteiger partial charge in [0, 0.05) is 25.0 Å². The average Bonchev–Trinajstić information content (AvgIpc) is 3.26. The summed E-state index contributed by atoms with van der Waals surface area (Å²) in [6, 6.07) is 9.19. The van der Waals surface area contributed by atoms with Gasteiger partial charge in [0.25, 0.3) is 0 Å². The van der Waals surface area contributed by atoms with Gasteiger partial charge in [0.1, 0.15) is 6.04 Å². The predicted molar refractivity (Wildman–Crippen MR) is 83.1 cm³/mol. The molecule has 0 bridgehead atoms. The van der Waals surface area contributed by atoms with Gasteiger partial charge in [-0.25, -0.2) is 4.98 Å². The number of carbonyl (C=O) groups is 1. The van der Waals surface area contributed by atoms with Crippen LogP contribution >= 0.6 is 0 Å². The summed E-state index contributed by atoms with van der Waals surface area (Å²) in [5.41, 5.74) is 0.854. The SMILES string of the molecule is C[C@H](C(=O)N(C)Cc1nnc(-c2ccccc2)o1)n1ccnc1. The van der Waals surface area contributed by atoms with Gasteiger partial charge in [-0.15, -0.1) is 10.2 Å².